The van der Waals surface area contributed by atoms with E-state index in [1.165, 1.54) is 11.3 Å². The molecule has 0 saturated carbocycles. The van der Waals surface area contributed by atoms with Gasteiger partial charge in [0.05, 0.1) is 6.10 Å². The van der Waals surface area contributed by atoms with Gasteiger partial charge in [-0.2, -0.15) is 0 Å². The third-order valence-electron chi connectivity index (χ3n) is 2.01. The number of rotatable bonds is 4. The highest BCUT2D eigenvalue weighted by Gasteiger charge is 2.19. The molecule has 0 aliphatic carbocycles. The fourth-order valence-electron chi connectivity index (χ4n) is 1.03. The number of carbonyl (C=O) groups is 1. The molecule has 1 rings (SSSR count). The van der Waals surface area contributed by atoms with E-state index in [0.717, 1.165) is 4.88 Å². The van der Waals surface area contributed by atoms with E-state index in [1.807, 2.05) is 6.92 Å². The van der Waals surface area contributed by atoms with Gasteiger partial charge < -0.3 is 14.9 Å². The average Bonchev–Trinajstić information content (AvgIpc) is 2.46. The summed E-state index contributed by atoms with van der Waals surface area (Å²) in [6, 6.07) is 1.67. The largest absolute Gasteiger partial charge is 0.486 e. The molecule has 1 aromatic heterocycles. The van der Waals surface area contributed by atoms with Crippen molar-refractivity contribution >= 4 is 17.3 Å². The van der Waals surface area contributed by atoms with Crippen LogP contribution >= 0.6 is 11.3 Å². The van der Waals surface area contributed by atoms with E-state index >= 15 is 0 Å². The SMILES string of the molecule is Cc1cc(OC(C)C(C)O)c(C(=O)O)s1. The van der Waals surface area contributed by atoms with Crippen LogP contribution in [0.4, 0.5) is 0 Å². The lowest BCUT2D eigenvalue weighted by Gasteiger charge is -2.16. The van der Waals surface area contributed by atoms with E-state index in [1.54, 1.807) is 19.9 Å². The van der Waals surface area contributed by atoms with E-state index in [0.29, 0.717) is 5.75 Å². The smallest absolute Gasteiger partial charge is 0.349 e. The van der Waals surface area contributed by atoms with Gasteiger partial charge in [-0.1, -0.05) is 0 Å². The molecule has 4 nitrogen and oxygen atoms in total. The Labute approximate surface area is 92.1 Å². The predicted molar refractivity (Wildman–Crippen MR) is 57.8 cm³/mol. The summed E-state index contributed by atoms with van der Waals surface area (Å²) in [6.45, 7) is 5.12. The zero-order chi connectivity index (χ0) is 11.6. The highest BCUT2D eigenvalue weighted by atomic mass is 32.1. The Balaban J connectivity index is 2.89. The average molecular weight is 230 g/mol. The molecule has 0 aliphatic rings. The van der Waals surface area contributed by atoms with Gasteiger partial charge in [0.1, 0.15) is 11.9 Å². The minimum absolute atomic E-state index is 0.181. The van der Waals surface area contributed by atoms with E-state index in [2.05, 4.69) is 0 Å². The highest BCUT2D eigenvalue weighted by Crippen LogP contribution is 2.29. The molecule has 15 heavy (non-hydrogen) atoms. The number of ether oxygens (including phenoxy) is 1. The molecule has 0 bridgehead atoms. The molecule has 1 heterocycles. The Hall–Kier alpha value is -1.07. The fraction of sp³-hybridized carbons (Fsp3) is 0.500. The summed E-state index contributed by atoms with van der Waals surface area (Å²) < 4.78 is 5.37. The number of aliphatic hydroxyl groups is 1. The van der Waals surface area contributed by atoms with Gasteiger partial charge in [0.25, 0.3) is 0 Å². The highest BCUT2D eigenvalue weighted by molar-refractivity contribution is 7.14. The Morgan fingerprint density at radius 2 is 2.13 bits per heavy atom. The summed E-state index contributed by atoms with van der Waals surface area (Å²) in [5.41, 5.74) is 0. The van der Waals surface area contributed by atoms with Crippen LogP contribution in [0.1, 0.15) is 28.4 Å². The first-order valence-electron chi connectivity index (χ1n) is 4.60. The maximum absolute atomic E-state index is 10.9. The van der Waals surface area contributed by atoms with Gasteiger partial charge in [-0.3, -0.25) is 0 Å². The van der Waals surface area contributed by atoms with E-state index < -0.39 is 18.2 Å². The van der Waals surface area contributed by atoms with Gasteiger partial charge in [-0.05, 0) is 26.8 Å². The maximum Gasteiger partial charge on any atom is 0.349 e. The van der Waals surface area contributed by atoms with Gasteiger partial charge in [0.15, 0.2) is 4.88 Å². The van der Waals surface area contributed by atoms with Gasteiger partial charge in [0, 0.05) is 4.88 Å². The van der Waals surface area contributed by atoms with E-state index in [9.17, 15) is 9.90 Å². The minimum atomic E-state index is -0.999. The monoisotopic (exact) mass is 230 g/mol. The number of hydrogen-bond acceptors (Lipinski definition) is 4. The standard InChI is InChI=1S/C10H14O4S/c1-5-4-8(9(15-5)10(12)13)14-7(3)6(2)11/h4,6-7,11H,1-3H3,(H,12,13). The number of aromatic carboxylic acids is 1. The summed E-state index contributed by atoms with van der Waals surface area (Å²) in [4.78, 5) is 11.9. The van der Waals surface area contributed by atoms with Crippen molar-refractivity contribution in [1.29, 1.82) is 0 Å². The minimum Gasteiger partial charge on any atom is -0.486 e. The Bertz CT molecular complexity index is 356. The van der Waals surface area contributed by atoms with Crippen LogP contribution in [0.15, 0.2) is 6.07 Å². The van der Waals surface area contributed by atoms with Crippen LogP contribution in [0.2, 0.25) is 0 Å². The molecule has 0 aliphatic heterocycles. The Morgan fingerprint density at radius 3 is 2.60 bits per heavy atom. The van der Waals surface area contributed by atoms with Crippen LogP contribution in [-0.4, -0.2) is 28.4 Å². The van der Waals surface area contributed by atoms with Crippen molar-refractivity contribution in [3.05, 3.63) is 15.8 Å². The topological polar surface area (TPSA) is 66.8 Å². The van der Waals surface area contributed by atoms with Crippen LogP contribution in [0.5, 0.6) is 5.75 Å². The van der Waals surface area contributed by atoms with Gasteiger partial charge >= 0.3 is 5.97 Å². The fourth-order valence-corrected chi connectivity index (χ4v) is 1.81. The number of aliphatic hydroxyl groups excluding tert-OH is 1. The second-order valence-corrected chi connectivity index (χ2v) is 4.68. The maximum atomic E-state index is 10.9. The van der Waals surface area contributed by atoms with Crippen molar-refractivity contribution in [2.45, 2.75) is 33.0 Å². The van der Waals surface area contributed by atoms with Crippen molar-refractivity contribution in [3.8, 4) is 5.75 Å². The first kappa shape index (κ1) is 12.0. The van der Waals surface area contributed by atoms with Crippen LogP contribution in [0, 0.1) is 6.92 Å². The van der Waals surface area contributed by atoms with Crippen molar-refractivity contribution in [2.75, 3.05) is 0 Å². The van der Waals surface area contributed by atoms with E-state index in [-0.39, 0.29) is 4.88 Å². The first-order chi connectivity index (χ1) is 6.91. The van der Waals surface area contributed by atoms with Crippen molar-refractivity contribution in [1.82, 2.24) is 0 Å². The van der Waals surface area contributed by atoms with Crippen molar-refractivity contribution in [3.63, 3.8) is 0 Å². The van der Waals surface area contributed by atoms with Gasteiger partial charge in [-0.15, -0.1) is 11.3 Å². The lowest BCUT2D eigenvalue weighted by molar-refractivity contribution is 0.0567. The lowest BCUT2D eigenvalue weighted by atomic mass is 10.2. The zero-order valence-electron chi connectivity index (χ0n) is 8.85. The molecular weight excluding hydrogens is 216 g/mol. The number of carboxylic acids is 1. The van der Waals surface area contributed by atoms with Crippen LogP contribution in [-0.2, 0) is 0 Å². The number of aryl methyl sites for hydroxylation is 1. The Kier molecular flexibility index (Phi) is 3.71. The normalized spacial score (nSPS) is 14.7. The summed E-state index contributed by atoms with van der Waals surface area (Å²) in [6.07, 6.45) is -1.05. The lowest BCUT2D eigenvalue weighted by Crippen LogP contribution is -2.25. The number of hydrogen-bond donors (Lipinski definition) is 2. The van der Waals surface area contributed by atoms with Crippen LogP contribution < -0.4 is 4.74 Å². The second kappa shape index (κ2) is 4.63. The quantitative estimate of drug-likeness (QED) is 0.829. The molecule has 0 fully saturated rings. The van der Waals surface area contributed by atoms with Crippen molar-refractivity contribution < 1.29 is 19.7 Å². The van der Waals surface area contributed by atoms with E-state index in [4.69, 9.17) is 9.84 Å². The molecule has 2 N–H and O–H groups in total. The molecule has 2 unspecified atom stereocenters. The van der Waals surface area contributed by atoms with Crippen molar-refractivity contribution in [2.24, 2.45) is 0 Å². The summed E-state index contributed by atoms with van der Waals surface area (Å²) in [5.74, 6) is -0.667. The third kappa shape index (κ3) is 2.94. The molecule has 0 saturated heterocycles. The van der Waals surface area contributed by atoms with Gasteiger partial charge in [0.2, 0.25) is 0 Å². The van der Waals surface area contributed by atoms with Gasteiger partial charge in [-0.25, -0.2) is 4.79 Å². The number of carboxylic acid groups (broad SMARTS) is 1. The summed E-state index contributed by atoms with van der Waals surface area (Å²) in [7, 11) is 0. The molecule has 0 radical (unpaired) electrons. The molecule has 0 spiro atoms. The molecule has 0 aromatic carbocycles. The Morgan fingerprint density at radius 1 is 1.53 bits per heavy atom. The third-order valence-corrected chi connectivity index (χ3v) is 3.03. The summed E-state index contributed by atoms with van der Waals surface area (Å²) in [5, 5.41) is 18.1. The molecule has 1 aromatic rings. The molecule has 0 amide bonds. The van der Waals surface area contributed by atoms with Crippen LogP contribution in [0.25, 0.3) is 0 Å². The molecule has 2 atom stereocenters. The predicted octanol–water partition coefficient (Wildman–Crippen LogP) is 1.90. The molecule has 5 heteroatoms. The summed E-state index contributed by atoms with van der Waals surface area (Å²) >= 11 is 1.17. The van der Waals surface area contributed by atoms with Crippen LogP contribution in [0.3, 0.4) is 0 Å². The number of thiophene rings is 1. The zero-order valence-corrected chi connectivity index (χ0v) is 9.67. The molecular formula is C10H14O4S. The molecule has 84 valence electrons. The first-order valence-corrected chi connectivity index (χ1v) is 5.42. The second-order valence-electron chi connectivity index (χ2n) is 3.42.